The van der Waals surface area contributed by atoms with Crippen molar-refractivity contribution in [2.75, 3.05) is 5.32 Å². The number of carbonyl (C=O) groups excluding carboxylic acids is 1. The summed E-state index contributed by atoms with van der Waals surface area (Å²) < 4.78 is 0. The predicted molar refractivity (Wildman–Crippen MR) is 75.4 cm³/mol. The number of hydrogen-bond donors (Lipinski definition) is 2. The van der Waals surface area contributed by atoms with Gasteiger partial charge in [-0.2, -0.15) is 0 Å². The third-order valence-corrected chi connectivity index (χ3v) is 3.08. The summed E-state index contributed by atoms with van der Waals surface area (Å²) in [5.41, 5.74) is 7.15. The highest BCUT2D eigenvalue weighted by Crippen LogP contribution is 2.20. The average molecular weight is 271 g/mol. The highest BCUT2D eigenvalue weighted by Gasteiger charge is 2.12. The molecule has 0 saturated carbocycles. The van der Waals surface area contributed by atoms with Gasteiger partial charge in [-0.25, -0.2) is 0 Å². The van der Waals surface area contributed by atoms with E-state index in [4.69, 9.17) is 29.6 Å². The summed E-state index contributed by atoms with van der Waals surface area (Å²) >= 11 is 10.7. The van der Waals surface area contributed by atoms with Gasteiger partial charge in [-0.15, -0.1) is 0 Å². The molecule has 0 aliphatic carbocycles. The minimum Gasteiger partial charge on any atom is -0.393 e. The van der Waals surface area contributed by atoms with E-state index in [1.165, 1.54) is 0 Å². The Morgan fingerprint density at radius 3 is 2.76 bits per heavy atom. The zero-order valence-corrected chi connectivity index (χ0v) is 11.4. The number of anilines is 1. The summed E-state index contributed by atoms with van der Waals surface area (Å²) in [6.45, 7) is 3.72. The van der Waals surface area contributed by atoms with Crippen LogP contribution in [-0.2, 0) is 4.79 Å². The summed E-state index contributed by atoms with van der Waals surface area (Å²) in [7, 11) is 0. The van der Waals surface area contributed by atoms with E-state index in [-0.39, 0.29) is 18.2 Å². The number of rotatable bonds is 4. The van der Waals surface area contributed by atoms with Gasteiger partial charge in [0.25, 0.3) is 0 Å². The Bertz CT molecular complexity index is 448. The Labute approximate surface area is 111 Å². The zero-order chi connectivity index (χ0) is 13.0. The van der Waals surface area contributed by atoms with Crippen molar-refractivity contribution in [2.45, 2.75) is 20.3 Å². The van der Waals surface area contributed by atoms with Crippen molar-refractivity contribution >= 4 is 40.4 Å². The number of nitrogens with two attached hydrogens (primary N) is 1. The molecule has 3 nitrogen and oxygen atoms in total. The lowest BCUT2D eigenvalue weighted by molar-refractivity contribution is -0.116. The third kappa shape index (κ3) is 4.32. The molecule has 1 aromatic rings. The summed E-state index contributed by atoms with van der Waals surface area (Å²) in [4.78, 5) is 12.1. The normalized spacial score (nSPS) is 11.9. The number of halogens is 1. The van der Waals surface area contributed by atoms with E-state index in [1.54, 1.807) is 18.2 Å². The molecule has 92 valence electrons. The van der Waals surface area contributed by atoms with Gasteiger partial charge in [-0.05, 0) is 30.7 Å². The van der Waals surface area contributed by atoms with E-state index in [2.05, 4.69) is 5.32 Å². The van der Waals surface area contributed by atoms with E-state index in [0.717, 1.165) is 11.3 Å². The largest absolute Gasteiger partial charge is 0.393 e. The fraction of sp³-hybridized carbons (Fsp3) is 0.333. The van der Waals surface area contributed by atoms with Crippen LogP contribution in [0.25, 0.3) is 0 Å². The van der Waals surface area contributed by atoms with Crippen LogP contribution in [0.3, 0.4) is 0 Å². The van der Waals surface area contributed by atoms with Crippen molar-refractivity contribution in [2.24, 2.45) is 11.7 Å². The Morgan fingerprint density at radius 1 is 1.59 bits per heavy atom. The number of carbonyl (C=O) groups is 1. The standard InChI is InChI=1S/C12H15ClN2OS/c1-7-5-9(13)3-4-10(7)15-11(16)6-8(2)12(14)17/h3-5,8H,6H2,1-2H3,(H2,14,17)(H,15,16). The van der Waals surface area contributed by atoms with Gasteiger partial charge in [0.15, 0.2) is 0 Å². The second kappa shape index (κ2) is 5.98. The number of amides is 1. The van der Waals surface area contributed by atoms with E-state index in [0.29, 0.717) is 10.0 Å². The van der Waals surface area contributed by atoms with Crippen LogP contribution in [-0.4, -0.2) is 10.9 Å². The van der Waals surface area contributed by atoms with Crippen LogP contribution >= 0.6 is 23.8 Å². The van der Waals surface area contributed by atoms with E-state index in [1.807, 2.05) is 13.8 Å². The van der Waals surface area contributed by atoms with Crippen molar-refractivity contribution in [1.29, 1.82) is 0 Å². The molecular weight excluding hydrogens is 256 g/mol. The third-order valence-electron chi connectivity index (χ3n) is 2.44. The average Bonchev–Trinajstić information content (AvgIpc) is 2.22. The molecule has 0 heterocycles. The van der Waals surface area contributed by atoms with Crippen LogP contribution in [0.5, 0.6) is 0 Å². The summed E-state index contributed by atoms with van der Waals surface area (Å²) in [5, 5.41) is 3.46. The first kappa shape index (κ1) is 13.9. The minimum absolute atomic E-state index is 0.0994. The SMILES string of the molecule is Cc1cc(Cl)ccc1NC(=O)CC(C)C(N)=S. The topological polar surface area (TPSA) is 55.1 Å². The van der Waals surface area contributed by atoms with Gasteiger partial charge in [0, 0.05) is 23.0 Å². The maximum absolute atomic E-state index is 11.7. The molecule has 0 aromatic heterocycles. The Balaban J connectivity index is 2.65. The number of aryl methyl sites for hydroxylation is 1. The number of benzene rings is 1. The van der Waals surface area contributed by atoms with Crippen LogP contribution < -0.4 is 11.1 Å². The lowest BCUT2D eigenvalue weighted by atomic mass is 10.1. The molecule has 1 amide bonds. The molecule has 0 bridgehead atoms. The van der Waals surface area contributed by atoms with E-state index in [9.17, 15) is 4.79 Å². The zero-order valence-electron chi connectivity index (χ0n) is 9.79. The highest BCUT2D eigenvalue weighted by molar-refractivity contribution is 7.80. The lowest BCUT2D eigenvalue weighted by Crippen LogP contribution is -2.24. The van der Waals surface area contributed by atoms with Crippen LogP contribution in [0.15, 0.2) is 18.2 Å². The Hall–Kier alpha value is -1.13. The number of hydrogen-bond acceptors (Lipinski definition) is 2. The van der Waals surface area contributed by atoms with Crippen LogP contribution in [0.1, 0.15) is 18.9 Å². The predicted octanol–water partition coefficient (Wildman–Crippen LogP) is 2.90. The van der Waals surface area contributed by atoms with Gasteiger partial charge in [0.2, 0.25) is 5.91 Å². The van der Waals surface area contributed by atoms with Gasteiger partial charge in [-0.3, -0.25) is 4.79 Å². The molecule has 0 spiro atoms. The summed E-state index contributed by atoms with van der Waals surface area (Å²) in [6.07, 6.45) is 0.289. The molecular formula is C12H15ClN2OS. The van der Waals surface area contributed by atoms with Crippen molar-refractivity contribution < 1.29 is 4.79 Å². The van der Waals surface area contributed by atoms with Crippen LogP contribution in [0.2, 0.25) is 5.02 Å². The first-order valence-electron chi connectivity index (χ1n) is 5.25. The fourth-order valence-corrected chi connectivity index (χ4v) is 1.66. The molecule has 0 aliphatic rings. The second-order valence-electron chi connectivity index (χ2n) is 4.01. The molecule has 0 aliphatic heterocycles. The maximum Gasteiger partial charge on any atom is 0.225 e. The molecule has 1 unspecified atom stereocenters. The van der Waals surface area contributed by atoms with Gasteiger partial charge in [0.1, 0.15) is 0 Å². The van der Waals surface area contributed by atoms with Crippen LogP contribution in [0, 0.1) is 12.8 Å². The first-order chi connectivity index (χ1) is 7.90. The first-order valence-corrected chi connectivity index (χ1v) is 6.04. The molecule has 1 rings (SSSR count). The number of thiocarbonyl (C=S) groups is 1. The van der Waals surface area contributed by atoms with Crippen molar-refractivity contribution in [3.63, 3.8) is 0 Å². The molecule has 0 fully saturated rings. The molecule has 0 radical (unpaired) electrons. The van der Waals surface area contributed by atoms with Gasteiger partial charge in [0.05, 0.1) is 4.99 Å². The monoisotopic (exact) mass is 270 g/mol. The lowest BCUT2D eigenvalue weighted by Gasteiger charge is -2.11. The van der Waals surface area contributed by atoms with E-state index >= 15 is 0 Å². The van der Waals surface area contributed by atoms with Crippen molar-refractivity contribution in [3.05, 3.63) is 28.8 Å². The fourth-order valence-electron chi connectivity index (χ4n) is 1.35. The minimum atomic E-state index is -0.101. The van der Waals surface area contributed by atoms with Gasteiger partial charge in [-0.1, -0.05) is 30.7 Å². The van der Waals surface area contributed by atoms with Crippen molar-refractivity contribution in [1.82, 2.24) is 0 Å². The number of nitrogens with one attached hydrogen (secondary N) is 1. The van der Waals surface area contributed by atoms with Gasteiger partial charge >= 0.3 is 0 Å². The molecule has 1 aromatic carbocycles. The second-order valence-corrected chi connectivity index (χ2v) is 4.92. The maximum atomic E-state index is 11.7. The molecule has 0 saturated heterocycles. The quantitative estimate of drug-likeness (QED) is 0.827. The molecule has 3 N–H and O–H groups in total. The molecule has 5 heteroatoms. The highest BCUT2D eigenvalue weighted by atomic mass is 35.5. The Kier molecular flexibility index (Phi) is 4.90. The summed E-state index contributed by atoms with van der Waals surface area (Å²) in [5.74, 6) is -0.201. The van der Waals surface area contributed by atoms with E-state index < -0.39 is 0 Å². The Morgan fingerprint density at radius 2 is 2.24 bits per heavy atom. The summed E-state index contributed by atoms with van der Waals surface area (Å²) in [6, 6.07) is 5.32. The molecule has 1 atom stereocenters. The smallest absolute Gasteiger partial charge is 0.225 e. The van der Waals surface area contributed by atoms with Crippen molar-refractivity contribution in [3.8, 4) is 0 Å². The van der Waals surface area contributed by atoms with Crippen LogP contribution in [0.4, 0.5) is 5.69 Å². The molecule has 17 heavy (non-hydrogen) atoms. The van der Waals surface area contributed by atoms with Gasteiger partial charge < -0.3 is 11.1 Å².